The minimum absolute atomic E-state index is 0.124. The van der Waals surface area contributed by atoms with Gasteiger partial charge < -0.3 is 14.6 Å². The van der Waals surface area contributed by atoms with Gasteiger partial charge in [-0.1, -0.05) is 6.07 Å². The number of rotatable bonds is 5. The van der Waals surface area contributed by atoms with E-state index in [-0.39, 0.29) is 5.91 Å². The molecule has 3 rings (SSSR count). The summed E-state index contributed by atoms with van der Waals surface area (Å²) in [4.78, 5) is 19.2. The predicted molar refractivity (Wildman–Crippen MR) is 96.5 cm³/mol. The standard InChI is InChI=1S/C18H19N3O2S/c1-12-9-14(21(2)3)7-6-13(12)10-19-17(22)16-11-20-18(24-16)15-5-4-8-23-15/h4-9,11H,10H2,1-3H3,(H,19,22). The second-order valence-electron chi connectivity index (χ2n) is 5.69. The average Bonchev–Trinajstić information content (AvgIpc) is 3.24. The fourth-order valence-electron chi connectivity index (χ4n) is 2.31. The van der Waals surface area contributed by atoms with E-state index in [0.29, 0.717) is 22.2 Å². The predicted octanol–water partition coefficient (Wildman–Crippen LogP) is 3.71. The largest absolute Gasteiger partial charge is 0.462 e. The van der Waals surface area contributed by atoms with Crippen molar-refractivity contribution in [1.29, 1.82) is 0 Å². The Kier molecular flexibility index (Phi) is 4.66. The number of nitrogens with one attached hydrogen (secondary N) is 1. The number of aromatic nitrogens is 1. The summed E-state index contributed by atoms with van der Waals surface area (Å²) < 4.78 is 5.30. The molecule has 24 heavy (non-hydrogen) atoms. The minimum atomic E-state index is -0.124. The molecule has 0 aliphatic heterocycles. The van der Waals surface area contributed by atoms with E-state index in [0.717, 1.165) is 16.8 Å². The Hall–Kier alpha value is -2.60. The molecule has 3 aromatic rings. The van der Waals surface area contributed by atoms with Gasteiger partial charge in [-0.15, -0.1) is 11.3 Å². The second kappa shape index (κ2) is 6.88. The maximum Gasteiger partial charge on any atom is 0.263 e. The first-order valence-corrected chi connectivity index (χ1v) is 8.41. The van der Waals surface area contributed by atoms with E-state index in [2.05, 4.69) is 34.3 Å². The lowest BCUT2D eigenvalue weighted by molar-refractivity contribution is 0.0954. The molecule has 0 saturated heterocycles. The van der Waals surface area contributed by atoms with Crippen LogP contribution < -0.4 is 10.2 Å². The molecule has 1 aromatic carbocycles. The summed E-state index contributed by atoms with van der Waals surface area (Å²) in [7, 11) is 4.02. The maximum atomic E-state index is 12.3. The summed E-state index contributed by atoms with van der Waals surface area (Å²) in [5.41, 5.74) is 3.40. The van der Waals surface area contributed by atoms with Crippen LogP contribution in [0.1, 0.15) is 20.8 Å². The van der Waals surface area contributed by atoms with Crippen LogP contribution in [0.3, 0.4) is 0 Å². The topological polar surface area (TPSA) is 58.4 Å². The van der Waals surface area contributed by atoms with Crippen LogP contribution in [-0.4, -0.2) is 25.0 Å². The van der Waals surface area contributed by atoms with Crippen molar-refractivity contribution >= 4 is 22.9 Å². The van der Waals surface area contributed by atoms with Crippen molar-refractivity contribution in [3.05, 3.63) is 58.8 Å². The molecule has 0 fully saturated rings. The van der Waals surface area contributed by atoms with Crippen LogP contribution in [0.15, 0.2) is 47.2 Å². The first-order chi connectivity index (χ1) is 11.5. The normalized spacial score (nSPS) is 10.6. The Labute approximate surface area is 144 Å². The third kappa shape index (κ3) is 3.49. The smallest absolute Gasteiger partial charge is 0.263 e. The number of aryl methyl sites for hydroxylation is 1. The van der Waals surface area contributed by atoms with Crippen LogP contribution >= 0.6 is 11.3 Å². The van der Waals surface area contributed by atoms with Gasteiger partial charge in [-0.3, -0.25) is 4.79 Å². The lowest BCUT2D eigenvalue weighted by Gasteiger charge is -2.15. The highest BCUT2D eigenvalue weighted by molar-refractivity contribution is 7.16. The molecule has 2 heterocycles. The number of anilines is 1. The molecule has 0 atom stereocenters. The molecule has 6 heteroatoms. The number of carbonyl (C=O) groups excluding carboxylic acids is 1. The molecule has 0 aliphatic rings. The van der Waals surface area contributed by atoms with Gasteiger partial charge in [0.05, 0.1) is 12.5 Å². The van der Waals surface area contributed by atoms with Crippen molar-refractivity contribution in [1.82, 2.24) is 10.3 Å². The molecule has 5 nitrogen and oxygen atoms in total. The van der Waals surface area contributed by atoms with Gasteiger partial charge in [-0.25, -0.2) is 4.98 Å². The van der Waals surface area contributed by atoms with Crippen molar-refractivity contribution in [2.75, 3.05) is 19.0 Å². The van der Waals surface area contributed by atoms with Gasteiger partial charge in [0, 0.05) is 26.3 Å². The van der Waals surface area contributed by atoms with Gasteiger partial charge in [-0.2, -0.15) is 0 Å². The highest BCUT2D eigenvalue weighted by atomic mass is 32.1. The molecule has 2 aromatic heterocycles. The molecule has 0 aliphatic carbocycles. The van der Waals surface area contributed by atoms with Crippen molar-refractivity contribution in [3.8, 4) is 10.8 Å². The average molecular weight is 341 g/mol. The fourth-order valence-corrected chi connectivity index (χ4v) is 3.11. The summed E-state index contributed by atoms with van der Waals surface area (Å²) in [5.74, 6) is 0.551. The minimum Gasteiger partial charge on any atom is -0.462 e. The van der Waals surface area contributed by atoms with Gasteiger partial charge in [0.25, 0.3) is 5.91 Å². The Morgan fingerprint density at radius 2 is 2.17 bits per heavy atom. The van der Waals surface area contributed by atoms with Gasteiger partial charge in [0.1, 0.15) is 4.88 Å². The summed E-state index contributed by atoms with van der Waals surface area (Å²) in [6, 6.07) is 9.85. The van der Waals surface area contributed by atoms with E-state index in [1.165, 1.54) is 11.3 Å². The second-order valence-corrected chi connectivity index (χ2v) is 6.73. The number of hydrogen-bond donors (Lipinski definition) is 1. The molecule has 124 valence electrons. The van der Waals surface area contributed by atoms with Crippen LogP contribution in [0.4, 0.5) is 5.69 Å². The Morgan fingerprint density at radius 1 is 1.33 bits per heavy atom. The molecule has 1 amide bonds. The van der Waals surface area contributed by atoms with Crippen molar-refractivity contribution in [2.24, 2.45) is 0 Å². The highest BCUT2D eigenvalue weighted by Crippen LogP contribution is 2.25. The number of furan rings is 1. The number of thiazole rings is 1. The quantitative estimate of drug-likeness (QED) is 0.768. The Bertz CT molecular complexity index is 838. The molecule has 0 spiro atoms. The third-order valence-corrected chi connectivity index (χ3v) is 4.75. The molecule has 0 unspecified atom stereocenters. The Balaban J connectivity index is 1.66. The first-order valence-electron chi connectivity index (χ1n) is 7.59. The highest BCUT2D eigenvalue weighted by Gasteiger charge is 2.13. The molecular weight excluding hydrogens is 322 g/mol. The monoisotopic (exact) mass is 341 g/mol. The van der Waals surface area contributed by atoms with E-state index < -0.39 is 0 Å². The molecular formula is C18H19N3O2S. The molecule has 1 N–H and O–H groups in total. The maximum absolute atomic E-state index is 12.3. The van der Waals surface area contributed by atoms with Crippen molar-refractivity contribution in [2.45, 2.75) is 13.5 Å². The lowest BCUT2D eigenvalue weighted by Crippen LogP contribution is -2.22. The van der Waals surface area contributed by atoms with Gasteiger partial charge in [0.2, 0.25) is 0 Å². The fraction of sp³-hybridized carbons (Fsp3) is 0.222. The summed E-state index contributed by atoms with van der Waals surface area (Å²) in [6.45, 7) is 2.54. The molecule has 0 bridgehead atoms. The van der Waals surface area contributed by atoms with Crippen LogP contribution in [0.25, 0.3) is 10.8 Å². The van der Waals surface area contributed by atoms with E-state index in [1.54, 1.807) is 18.5 Å². The van der Waals surface area contributed by atoms with Gasteiger partial charge >= 0.3 is 0 Å². The van der Waals surface area contributed by atoms with E-state index in [9.17, 15) is 4.79 Å². The van der Waals surface area contributed by atoms with Gasteiger partial charge in [0.15, 0.2) is 10.8 Å². The summed E-state index contributed by atoms with van der Waals surface area (Å²) >= 11 is 1.32. The zero-order chi connectivity index (χ0) is 17.1. The Morgan fingerprint density at radius 3 is 2.83 bits per heavy atom. The van der Waals surface area contributed by atoms with Crippen LogP contribution in [0.2, 0.25) is 0 Å². The zero-order valence-corrected chi connectivity index (χ0v) is 14.7. The number of nitrogens with zero attached hydrogens (tertiary/aromatic N) is 2. The third-order valence-electron chi connectivity index (χ3n) is 3.74. The van der Waals surface area contributed by atoms with Gasteiger partial charge in [-0.05, 0) is 42.3 Å². The van der Waals surface area contributed by atoms with E-state index in [1.807, 2.05) is 26.2 Å². The molecule has 0 radical (unpaired) electrons. The van der Waals surface area contributed by atoms with Crippen molar-refractivity contribution < 1.29 is 9.21 Å². The van der Waals surface area contributed by atoms with E-state index >= 15 is 0 Å². The number of carbonyl (C=O) groups is 1. The molecule has 0 saturated carbocycles. The van der Waals surface area contributed by atoms with E-state index in [4.69, 9.17) is 4.42 Å². The zero-order valence-electron chi connectivity index (χ0n) is 13.9. The summed E-state index contributed by atoms with van der Waals surface area (Å²) in [6.07, 6.45) is 3.18. The van der Waals surface area contributed by atoms with Crippen LogP contribution in [0, 0.1) is 6.92 Å². The summed E-state index contributed by atoms with van der Waals surface area (Å²) in [5, 5.41) is 3.66. The van der Waals surface area contributed by atoms with Crippen LogP contribution in [0.5, 0.6) is 0 Å². The van der Waals surface area contributed by atoms with Crippen LogP contribution in [-0.2, 0) is 6.54 Å². The van der Waals surface area contributed by atoms with Crippen molar-refractivity contribution in [3.63, 3.8) is 0 Å². The first kappa shape index (κ1) is 16.3. The number of hydrogen-bond acceptors (Lipinski definition) is 5. The lowest BCUT2D eigenvalue weighted by atomic mass is 10.1. The number of amides is 1. The SMILES string of the molecule is Cc1cc(N(C)C)ccc1CNC(=O)c1cnc(-c2ccco2)s1. The number of benzene rings is 1.